The lowest BCUT2D eigenvalue weighted by Gasteiger charge is -2.01. The highest BCUT2D eigenvalue weighted by molar-refractivity contribution is 5.35. The van der Waals surface area contributed by atoms with Gasteiger partial charge in [-0.3, -0.25) is 10.1 Å². The van der Waals surface area contributed by atoms with Crippen LogP contribution in [0.25, 0.3) is 0 Å². The average molecular weight is 189 g/mol. The van der Waals surface area contributed by atoms with E-state index in [1.54, 1.807) is 18.3 Å². The Kier molecular flexibility index (Phi) is 2.06. The normalized spacial score (nSPS) is 18.7. The number of azo groups is 1. The van der Waals surface area contributed by atoms with Crippen LogP contribution < -0.4 is 0 Å². The molecule has 1 heterocycles. The molecule has 1 aromatic rings. The first-order chi connectivity index (χ1) is 6.77. The molecule has 14 heavy (non-hydrogen) atoms. The molecule has 1 atom stereocenters. The summed E-state index contributed by atoms with van der Waals surface area (Å²) < 4.78 is 0. The highest BCUT2D eigenvalue weighted by atomic mass is 16.6. The van der Waals surface area contributed by atoms with Gasteiger partial charge in [-0.2, -0.15) is 10.2 Å². The van der Waals surface area contributed by atoms with Crippen LogP contribution >= 0.6 is 0 Å². The monoisotopic (exact) mass is 189 g/mol. The fraction of sp³-hybridized carbons (Fsp3) is 0.111. The van der Waals surface area contributed by atoms with Crippen LogP contribution in [0.2, 0.25) is 0 Å². The number of nitro benzene ring substituents is 1. The molecule has 70 valence electrons. The van der Waals surface area contributed by atoms with Crippen LogP contribution in [0.4, 0.5) is 5.69 Å². The van der Waals surface area contributed by atoms with Gasteiger partial charge in [0, 0.05) is 18.3 Å². The summed E-state index contributed by atoms with van der Waals surface area (Å²) in [4.78, 5) is 9.96. The Bertz CT molecular complexity index is 397. The van der Waals surface area contributed by atoms with Crippen LogP contribution in [0.5, 0.6) is 0 Å². The maximum Gasteiger partial charge on any atom is 0.269 e. The average Bonchev–Trinajstić information content (AvgIpc) is 2.71. The van der Waals surface area contributed by atoms with Gasteiger partial charge in [0.25, 0.3) is 5.69 Å². The highest BCUT2D eigenvalue weighted by Gasteiger charge is 2.11. The summed E-state index contributed by atoms with van der Waals surface area (Å²) in [5.74, 6) is 0. The standard InChI is InChI=1S/C9H7N3O2/c13-12(14)8-3-1-7(2-4-8)9-5-6-10-11-9/h1-6,9H. The first-order valence-corrected chi connectivity index (χ1v) is 4.08. The molecule has 0 aromatic heterocycles. The molecule has 1 unspecified atom stereocenters. The molecule has 0 saturated carbocycles. The van der Waals surface area contributed by atoms with Crippen molar-refractivity contribution in [3.63, 3.8) is 0 Å². The van der Waals surface area contributed by atoms with Crippen LogP contribution in [0.15, 0.2) is 46.8 Å². The first-order valence-electron chi connectivity index (χ1n) is 4.08. The van der Waals surface area contributed by atoms with Gasteiger partial charge in [-0.05, 0) is 23.8 Å². The van der Waals surface area contributed by atoms with Crippen molar-refractivity contribution in [2.24, 2.45) is 10.2 Å². The van der Waals surface area contributed by atoms with Gasteiger partial charge >= 0.3 is 0 Å². The molecular weight excluding hydrogens is 182 g/mol. The Hall–Kier alpha value is -2.04. The number of nitro groups is 1. The third-order valence-corrected chi connectivity index (χ3v) is 1.97. The van der Waals surface area contributed by atoms with Gasteiger partial charge < -0.3 is 0 Å². The van der Waals surface area contributed by atoms with Gasteiger partial charge in [0.1, 0.15) is 6.04 Å². The van der Waals surface area contributed by atoms with E-state index < -0.39 is 4.92 Å². The number of non-ortho nitro benzene ring substituents is 1. The molecule has 1 aliphatic rings. The predicted molar refractivity (Wildman–Crippen MR) is 49.8 cm³/mol. The Labute approximate surface area is 79.9 Å². The summed E-state index contributed by atoms with van der Waals surface area (Å²) in [5, 5.41) is 18.0. The molecule has 0 radical (unpaired) electrons. The summed E-state index contributed by atoms with van der Waals surface area (Å²) in [6.45, 7) is 0. The Morgan fingerprint density at radius 3 is 2.50 bits per heavy atom. The lowest BCUT2D eigenvalue weighted by Crippen LogP contribution is -1.91. The van der Waals surface area contributed by atoms with Crippen molar-refractivity contribution in [1.29, 1.82) is 0 Å². The topological polar surface area (TPSA) is 67.9 Å². The van der Waals surface area contributed by atoms with E-state index in [4.69, 9.17) is 0 Å². The van der Waals surface area contributed by atoms with E-state index in [2.05, 4.69) is 10.2 Å². The van der Waals surface area contributed by atoms with Gasteiger partial charge in [-0.15, -0.1) is 0 Å². The zero-order valence-electron chi connectivity index (χ0n) is 7.20. The summed E-state index contributed by atoms with van der Waals surface area (Å²) in [6.07, 6.45) is 3.45. The van der Waals surface area contributed by atoms with Crippen molar-refractivity contribution >= 4 is 5.69 Å². The molecule has 0 aliphatic carbocycles. The van der Waals surface area contributed by atoms with Gasteiger partial charge in [-0.25, -0.2) is 0 Å². The van der Waals surface area contributed by atoms with Crippen LogP contribution in [0.3, 0.4) is 0 Å². The van der Waals surface area contributed by atoms with E-state index in [0.717, 1.165) is 5.56 Å². The molecular formula is C9H7N3O2. The number of rotatable bonds is 2. The minimum Gasteiger partial charge on any atom is -0.258 e. The smallest absolute Gasteiger partial charge is 0.258 e. The summed E-state index contributed by atoms with van der Waals surface area (Å²) in [5.41, 5.74) is 1.00. The molecule has 0 spiro atoms. The Morgan fingerprint density at radius 2 is 2.00 bits per heavy atom. The van der Waals surface area contributed by atoms with Gasteiger partial charge in [0.2, 0.25) is 0 Å². The zero-order valence-corrected chi connectivity index (χ0v) is 7.20. The Balaban J connectivity index is 2.25. The second-order valence-corrected chi connectivity index (χ2v) is 2.87. The molecule has 0 amide bonds. The third-order valence-electron chi connectivity index (χ3n) is 1.97. The van der Waals surface area contributed by atoms with E-state index >= 15 is 0 Å². The molecule has 0 bridgehead atoms. The van der Waals surface area contributed by atoms with Crippen LogP contribution in [-0.2, 0) is 0 Å². The minimum atomic E-state index is -0.421. The maximum absolute atomic E-state index is 10.4. The molecule has 1 aliphatic heterocycles. The lowest BCUT2D eigenvalue weighted by atomic mass is 10.1. The number of hydrogen-bond acceptors (Lipinski definition) is 4. The number of hydrogen-bond donors (Lipinski definition) is 0. The quantitative estimate of drug-likeness (QED) is 0.530. The van der Waals surface area contributed by atoms with Gasteiger partial charge in [0.05, 0.1) is 4.92 Å². The SMILES string of the molecule is O=[N+]([O-])c1ccc(C2C=CN=N2)cc1. The number of benzene rings is 1. The first kappa shape index (κ1) is 8.55. The molecule has 0 N–H and O–H groups in total. The van der Waals surface area contributed by atoms with Crippen molar-refractivity contribution in [2.45, 2.75) is 6.04 Å². The van der Waals surface area contributed by atoms with Crippen molar-refractivity contribution in [1.82, 2.24) is 0 Å². The molecule has 2 rings (SSSR count). The third kappa shape index (κ3) is 1.52. The van der Waals surface area contributed by atoms with E-state index in [1.807, 2.05) is 6.08 Å². The van der Waals surface area contributed by atoms with Crippen molar-refractivity contribution in [3.8, 4) is 0 Å². The molecule has 0 saturated heterocycles. The molecule has 0 fully saturated rings. The van der Waals surface area contributed by atoms with Crippen LogP contribution in [-0.4, -0.2) is 4.92 Å². The summed E-state index contributed by atoms with van der Waals surface area (Å²) in [6, 6.07) is 6.24. The minimum absolute atomic E-state index is 0.0872. The van der Waals surface area contributed by atoms with Gasteiger partial charge in [-0.1, -0.05) is 0 Å². The van der Waals surface area contributed by atoms with E-state index in [9.17, 15) is 10.1 Å². The van der Waals surface area contributed by atoms with Crippen molar-refractivity contribution < 1.29 is 4.92 Å². The highest BCUT2D eigenvalue weighted by Crippen LogP contribution is 2.24. The van der Waals surface area contributed by atoms with Crippen LogP contribution in [0.1, 0.15) is 11.6 Å². The lowest BCUT2D eigenvalue weighted by molar-refractivity contribution is -0.384. The van der Waals surface area contributed by atoms with Crippen molar-refractivity contribution in [3.05, 3.63) is 52.2 Å². The van der Waals surface area contributed by atoms with Crippen LogP contribution in [0, 0.1) is 10.1 Å². The number of nitrogens with zero attached hydrogens (tertiary/aromatic N) is 3. The second-order valence-electron chi connectivity index (χ2n) is 2.87. The fourth-order valence-electron chi connectivity index (χ4n) is 1.24. The molecule has 5 heteroatoms. The Morgan fingerprint density at radius 1 is 1.29 bits per heavy atom. The van der Waals surface area contributed by atoms with Crippen molar-refractivity contribution in [2.75, 3.05) is 0 Å². The molecule has 1 aromatic carbocycles. The second kappa shape index (κ2) is 3.37. The van der Waals surface area contributed by atoms with E-state index in [1.165, 1.54) is 12.1 Å². The van der Waals surface area contributed by atoms with E-state index in [-0.39, 0.29) is 11.7 Å². The largest absolute Gasteiger partial charge is 0.269 e. The maximum atomic E-state index is 10.4. The summed E-state index contributed by atoms with van der Waals surface area (Å²) >= 11 is 0. The van der Waals surface area contributed by atoms with Gasteiger partial charge in [0.15, 0.2) is 0 Å². The predicted octanol–water partition coefficient (Wildman–Crippen LogP) is 2.62. The van der Waals surface area contributed by atoms with E-state index in [0.29, 0.717) is 0 Å². The summed E-state index contributed by atoms with van der Waals surface area (Å²) in [7, 11) is 0. The fourth-order valence-corrected chi connectivity index (χ4v) is 1.24. The zero-order chi connectivity index (χ0) is 9.97. The molecule has 5 nitrogen and oxygen atoms in total.